The van der Waals surface area contributed by atoms with Crippen LogP contribution in [-0.2, 0) is 4.79 Å². The molecule has 3 nitrogen and oxygen atoms in total. The highest BCUT2D eigenvalue weighted by molar-refractivity contribution is 9.10. The van der Waals surface area contributed by atoms with Crippen LogP contribution in [-0.4, -0.2) is 18.8 Å². The van der Waals surface area contributed by atoms with Crippen molar-refractivity contribution in [1.29, 1.82) is 0 Å². The van der Waals surface area contributed by atoms with Crippen molar-refractivity contribution >= 4 is 50.9 Å². The molecule has 0 saturated carbocycles. The minimum Gasteiger partial charge on any atom is -0.482 e. The highest BCUT2D eigenvalue weighted by Crippen LogP contribution is 2.27. The Balaban J connectivity index is 1.89. The van der Waals surface area contributed by atoms with Gasteiger partial charge in [0.25, 0.3) is 5.91 Å². The van der Waals surface area contributed by atoms with Crippen molar-refractivity contribution in [3.63, 3.8) is 0 Å². The van der Waals surface area contributed by atoms with Crippen LogP contribution in [0, 0.1) is 0 Å². The van der Waals surface area contributed by atoms with E-state index in [1.165, 1.54) is 0 Å². The van der Waals surface area contributed by atoms with E-state index in [1.807, 2.05) is 30.5 Å². The lowest BCUT2D eigenvalue weighted by Gasteiger charge is -2.09. The smallest absolute Gasteiger partial charge is 0.262 e. The molecule has 2 aromatic carbocycles. The van der Waals surface area contributed by atoms with E-state index >= 15 is 0 Å². The van der Waals surface area contributed by atoms with Crippen LogP contribution in [0.2, 0.25) is 5.02 Å². The van der Waals surface area contributed by atoms with Crippen molar-refractivity contribution in [1.82, 2.24) is 0 Å². The highest BCUT2D eigenvalue weighted by Gasteiger charge is 2.07. The van der Waals surface area contributed by atoms with Gasteiger partial charge in [-0.05, 0) is 48.7 Å². The zero-order chi connectivity index (χ0) is 15.2. The normalized spacial score (nSPS) is 10.2. The Morgan fingerprint density at radius 2 is 2.00 bits per heavy atom. The van der Waals surface area contributed by atoms with E-state index < -0.39 is 0 Å². The minimum absolute atomic E-state index is 0.0916. The lowest BCUT2D eigenvalue weighted by Crippen LogP contribution is -2.20. The average molecular weight is 387 g/mol. The van der Waals surface area contributed by atoms with Gasteiger partial charge in [0.15, 0.2) is 6.61 Å². The molecule has 1 N–H and O–H groups in total. The number of ether oxygens (including phenoxy) is 1. The Morgan fingerprint density at radius 1 is 1.29 bits per heavy atom. The number of nitrogens with one attached hydrogen (secondary N) is 1. The maximum Gasteiger partial charge on any atom is 0.262 e. The number of benzene rings is 2. The number of carbonyl (C=O) groups is 1. The van der Waals surface area contributed by atoms with Crippen molar-refractivity contribution in [2.75, 3.05) is 18.2 Å². The molecular formula is C15H13BrClNO2S. The van der Waals surface area contributed by atoms with E-state index in [2.05, 4.69) is 21.2 Å². The highest BCUT2D eigenvalue weighted by atomic mass is 79.9. The number of carbonyl (C=O) groups excluding carboxylic acids is 1. The second-order valence-electron chi connectivity index (χ2n) is 4.14. The number of thioether (sulfide) groups is 1. The van der Waals surface area contributed by atoms with Crippen molar-refractivity contribution in [3.05, 3.63) is 52.0 Å². The minimum atomic E-state index is -0.231. The zero-order valence-corrected chi connectivity index (χ0v) is 14.4. The predicted octanol–water partition coefficient (Wildman–Crippen LogP) is 4.84. The molecule has 2 aromatic rings. The monoisotopic (exact) mass is 385 g/mol. The molecule has 0 heterocycles. The standard InChI is InChI=1S/C15H13BrClNO2S/c1-21-12-5-3-11(4-6-12)18-15(19)9-20-14-7-2-10(16)8-13(14)17/h2-8H,9H2,1H3,(H,18,19). The first-order chi connectivity index (χ1) is 10.1. The van der Waals surface area contributed by atoms with Gasteiger partial charge in [0.05, 0.1) is 5.02 Å². The molecule has 0 unspecified atom stereocenters. The largest absolute Gasteiger partial charge is 0.482 e. The molecular weight excluding hydrogens is 374 g/mol. The Labute approximate surface area is 141 Å². The molecule has 0 fully saturated rings. The third-order valence-corrected chi connectivity index (χ3v) is 4.16. The second kappa shape index (κ2) is 7.73. The predicted molar refractivity (Wildman–Crippen MR) is 91.5 cm³/mol. The van der Waals surface area contributed by atoms with Gasteiger partial charge in [0, 0.05) is 15.1 Å². The van der Waals surface area contributed by atoms with Crippen LogP contribution in [0.15, 0.2) is 51.8 Å². The molecule has 6 heteroatoms. The van der Waals surface area contributed by atoms with Crippen molar-refractivity contribution in [2.45, 2.75) is 4.90 Å². The summed E-state index contributed by atoms with van der Waals surface area (Å²) in [5.41, 5.74) is 0.739. The maximum absolute atomic E-state index is 11.8. The van der Waals surface area contributed by atoms with E-state index in [1.54, 1.807) is 30.0 Å². The van der Waals surface area contributed by atoms with Gasteiger partial charge in [-0.2, -0.15) is 0 Å². The number of halogens is 2. The van der Waals surface area contributed by atoms with Gasteiger partial charge >= 0.3 is 0 Å². The van der Waals surface area contributed by atoms with E-state index in [4.69, 9.17) is 16.3 Å². The van der Waals surface area contributed by atoms with Gasteiger partial charge in [0.1, 0.15) is 5.75 Å². The topological polar surface area (TPSA) is 38.3 Å². The summed E-state index contributed by atoms with van der Waals surface area (Å²) in [7, 11) is 0. The molecule has 0 atom stereocenters. The summed E-state index contributed by atoms with van der Waals surface area (Å²) >= 11 is 11.0. The maximum atomic E-state index is 11.8. The average Bonchev–Trinajstić information content (AvgIpc) is 2.47. The summed E-state index contributed by atoms with van der Waals surface area (Å²) in [5.74, 6) is 0.249. The first-order valence-corrected chi connectivity index (χ1v) is 8.50. The molecule has 0 spiro atoms. The van der Waals surface area contributed by atoms with Crippen molar-refractivity contribution < 1.29 is 9.53 Å². The van der Waals surface area contributed by atoms with Crippen LogP contribution in [0.3, 0.4) is 0 Å². The Kier molecular flexibility index (Phi) is 5.96. The Bertz CT molecular complexity index is 634. The molecule has 0 aliphatic rings. The molecule has 0 radical (unpaired) electrons. The van der Waals surface area contributed by atoms with Gasteiger partial charge in [-0.15, -0.1) is 11.8 Å². The number of amides is 1. The van der Waals surface area contributed by atoms with Gasteiger partial charge in [-0.3, -0.25) is 4.79 Å². The van der Waals surface area contributed by atoms with Crippen LogP contribution >= 0.6 is 39.3 Å². The Morgan fingerprint density at radius 3 is 2.62 bits per heavy atom. The van der Waals surface area contributed by atoms with Gasteiger partial charge in [-0.25, -0.2) is 0 Å². The van der Waals surface area contributed by atoms with E-state index in [0.29, 0.717) is 10.8 Å². The summed E-state index contributed by atoms with van der Waals surface area (Å²) < 4.78 is 6.26. The third kappa shape index (κ3) is 4.95. The van der Waals surface area contributed by atoms with Crippen LogP contribution in [0.4, 0.5) is 5.69 Å². The molecule has 0 aromatic heterocycles. The number of hydrogen-bond acceptors (Lipinski definition) is 3. The molecule has 21 heavy (non-hydrogen) atoms. The first kappa shape index (κ1) is 16.2. The van der Waals surface area contributed by atoms with E-state index in [9.17, 15) is 4.79 Å². The number of anilines is 1. The summed E-state index contributed by atoms with van der Waals surface area (Å²) in [6.45, 7) is -0.0916. The first-order valence-electron chi connectivity index (χ1n) is 6.10. The van der Waals surface area contributed by atoms with Crippen LogP contribution in [0.5, 0.6) is 5.75 Å². The SMILES string of the molecule is CSc1ccc(NC(=O)COc2ccc(Br)cc2Cl)cc1. The summed E-state index contributed by atoms with van der Waals surface area (Å²) in [4.78, 5) is 13.0. The lowest BCUT2D eigenvalue weighted by atomic mass is 10.3. The van der Waals surface area contributed by atoms with E-state index in [-0.39, 0.29) is 12.5 Å². The zero-order valence-electron chi connectivity index (χ0n) is 11.2. The van der Waals surface area contributed by atoms with Crippen LogP contribution < -0.4 is 10.1 Å². The number of rotatable bonds is 5. The fourth-order valence-electron chi connectivity index (χ4n) is 1.61. The second-order valence-corrected chi connectivity index (χ2v) is 6.34. The third-order valence-electron chi connectivity index (χ3n) is 2.63. The van der Waals surface area contributed by atoms with Gasteiger partial charge in [0.2, 0.25) is 0 Å². The fraction of sp³-hybridized carbons (Fsp3) is 0.133. The summed E-state index contributed by atoms with van der Waals surface area (Å²) in [6, 6.07) is 12.9. The van der Waals surface area contributed by atoms with Crippen molar-refractivity contribution in [3.8, 4) is 5.75 Å². The molecule has 110 valence electrons. The van der Waals surface area contributed by atoms with Crippen LogP contribution in [0.25, 0.3) is 0 Å². The number of hydrogen-bond donors (Lipinski definition) is 1. The fourth-order valence-corrected chi connectivity index (χ4v) is 2.74. The van der Waals surface area contributed by atoms with Crippen LogP contribution in [0.1, 0.15) is 0 Å². The Hall–Kier alpha value is -1.17. The summed E-state index contributed by atoms with van der Waals surface area (Å²) in [6.07, 6.45) is 2.00. The quantitative estimate of drug-likeness (QED) is 0.747. The molecule has 0 bridgehead atoms. The van der Waals surface area contributed by atoms with Gasteiger partial charge in [-0.1, -0.05) is 27.5 Å². The molecule has 0 aliphatic carbocycles. The van der Waals surface area contributed by atoms with E-state index in [0.717, 1.165) is 15.1 Å². The van der Waals surface area contributed by atoms with Gasteiger partial charge < -0.3 is 10.1 Å². The molecule has 0 aliphatic heterocycles. The van der Waals surface area contributed by atoms with Crippen molar-refractivity contribution in [2.24, 2.45) is 0 Å². The molecule has 1 amide bonds. The summed E-state index contributed by atoms with van der Waals surface area (Å²) in [5, 5.41) is 3.23. The lowest BCUT2D eigenvalue weighted by molar-refractivity contribution is -0.118. The molecule has 0 saturated heterocycles. The molecule has 2 rings (SSSR count).